The maximum Gasteiger partial charge on any atom is 0.207 e. The molecule has 2 N–H and O–H groups in total. The van der Waals surface area contributed by atoms with E-state index in [2.05, 4.69) is 33.9 Å². The number of ether oxygens (including phenoxy) is 3. The Morgan fingerprint density at radius 1 is 1.17 bits per heavy atom. The fraction of sp³-hybridized carbons (Fsp3) is 0.647. The van der Waals surface area contributed by atoms with Crippen molar-refractivity contribution in [2.75, 3.05) is 13.7 Å². The molecule has 2 atom stereocenters. The van der Waals surface area contributed by atoms with Gasteiger partial charge in [-0.3, -0.25) is 0 Å². The van der Waals surface area contributed by atoms with E-state index in [1.54, 1.807) is 0 Å². The van der Waals surface area contributed by atoms with Crippen LogP contribution in [-0.2, 0) is 4.74 Å². The molecule has 23 heavy (non-hydrogen) atoms. The summed E-state index contributed by atoms with van der Waals surface area (Å²) in [4.78, 5) is 0. The molecule has 5 nitrogen and oxygen atoms in total. The Morgan fingerprint density at radius 2 is 1.83 bits per heavy atom. The number of aromatic hydroxyl groups is 2. The molecule has 0 amide bonds. The van der Waals surface area contributed by atoms with Crippen molar-refractivity contribution < 1.29 is 24.4 Å². The van der Waals surface area contributed by atoms with Crippen LogP contribution >= 0.6 is 0 Å². The van der Waals surface area contributed by atoms with E-state index in [-0.39, 0.29) is 22.5 Å². The molecule has 1 saturated heterocycles. The maximum atomic E-state index is 11.1. The number of hydrogen-bond donors (Lipinski definition) is 2. The average molecular weight is 338 g/mol. The monoisotopic (exact) mass is 338 g/mol. The van der Waals surface area contributed by atoms with Crippen molar-refractivity contribution in [2.24, 2.45) is 0 Å². The van der Waals surface area contributed by atoms with E-state index in [0.717, 1.165) is 11.6 Å². The number of benzene rings is 1. The normalized spacial score (nSPS) is 23.4. The molecule has 2 aliphatic rings. The van der Waals surface area contributed by atoms with Crippen LogP contribution in [0.2, 0.25) is 18.1 Å². The van der Waals surface area contributed by atoms with Gasteiger partial charge in [0, 0.05) is 10.8 Å². The molecular weight excluding hydrogens is 312 g/mol. The molecule has 6 heteroatoms. The van der Waals surface area contributed by atoms with Crippen molar-refractivity contribution in [1.29, 1.82) is 0 Å². The van der Waals surface area contributed by atoms with Crippen molar-refractivity contribution in [3.05, 3.63) is 5.56 Å². The number of rotatable bonds is 2. The first kappa shape index (κ1) is 16.5. The van der Waals surface area contributed by atoms with Gasteiger partial charge in [-0.25, -0.2) is 0 Å². The largest absolute Gasteiger partial charge is 0.507 e. The first-order valence-electron chi connectivity index (χ1n) is 8.05. The van der Waals surface area contributed by atoms with E-state index in [4.69, 9.17) is 14.2 Å². The Bertz CT molecular complexity index is 648. The first-order chi connectivity index (χ1) is 10.6. The Morgan fingerprint density at radius 3 is 2.39 bits per heavy atom. The van der Waals surface area contributed by atoms with Gasteiger partial charge in [0.15, 0.2) is 11.5 Å². The summed E-state index contributed by atoms with van der Waals surface area (Å²) in [6, 6.07) is 0. The van der Waals surface area contributed by atoms with E-state index in [1.165, 1.54) is 7.11 Å². The Labute approximate surface area is 138 Å². The van der Waals surface area contributed by atoms with Gasteiger partial charge in [-0.1, -0.05) is 33.9 Å². The highest BCUT2D eigenvalue weighted by atomic mass is 28.3. The molecule has 1 aromatic carbocycles. The highest BCUT2D eigenvalue weighted by molar-refractivity contribution is 6.93. The van der Waals surface area contributed by atoms with Gasteiger partial charge >= 0.3 is 0 Å². The van der Waals surface area contributed by atoms with Crippen molar-refractivity contribution in [3.8, 4) is 23.0 Å². The fourth-order valence-corrected chi connectivity index (χ4v) is 5.66. The van der Waals surface area contributed by atoms with E-state index in [0.29, 0.717) is 23.7 Å². The van der Waals surface area contributed by atoms with Crippen LogP contribution in [0.25, 0.3) is 0 Å². The number of phenols is 2. The van der Waals surface area contributed by atoms with Crippen molar-refractivity contribution >= 4 is 13.3 Å². The van der Waals surface area contributed by atoms with Crippen LogP contribution in [0.4, 0.5) is 0 Å². The van der Waals surface area contributed by atoms with Gasteiger partial charge in [-0.15, -0.1) is 0 Å². The highest BCUT2D eigenvalue weighted by Crippen LogP contribution is 2.56. The molecule has 0 aliphatic carbocycles. The number of methoxy groups -OCH3 is 1. The lowest BCUT2D eigenvalue weighted by molar-refractivity contribution is -0.0348. The van der Waals surface area contributed by atoms with Crippen molar-refractivity contribution in [3.63, 3.8) is 0 Å². The predicted molar refractivity (Wildman–Crippen MR) is 90.9 cm³/mol. The molecule has 0 bridgehead atoms. The molecular formula is C17H26O5Si. The molecule has 0 radical (unpaired) electrons. The van der Waals surface area contributed by atoms with E-state index < -0.39 is 14.4 Å². The second-order valence-electron chi connectivity index (χ2n) is 7.98. The van der Waals surface area contributed by atoms with Gasteiger partial charge in [0.05, 0.1) is 27.7 Å². The lowest BCUT2D eigenvalue weighted by Gasteiger charge is -2.39. The molecule has 3 rings (SSSR count). The standard InChI is InChI=1S/C17H26O5Si/c1-17(2,3)23(5,6)15-11(18)10-9-7-8-21-16(9)22-13(10)12(19)14(15)20-4/h9,16,18-19H,7-8H2,1-6H3/t9-,16+/m0/s1. The van der Waals surface area contributed by atoms with Crippen LogP contribution in [0, 0.1) is 0 Å². The predicted octanol–water partition coefficient (Wildman–Crippen LogP) is 3.04. The SMILES string of the molecule is COc1c(O)c2c(c(O)c1[Si](C)(C)C(C)(C)C)[C@@H]1CCO[C@@H]1O2. The van der Waals surface area contributed by atoms with Crippen LogP contribution in [0.5, 0.6) is 23.0 Å². The summed E-state index contributed by atoms with van der Waals surface area (Å²) < 4.78 is 16.8. The lowest BCUT2D eigenvalue weighted by atomic mass is 9.97. The second-order valence-corrected chi connectivity index (χ2v) is 13.2. The van der Waals surface area contributed by atoms with E-state index in [9.17, 15) is 10.2 Å². The fourth-order valence-electron chi connectivity index (χ4n) is 3.39. The summed E-state index contributed by atoms with van der Waals surface area (Å²) in [6.07, 6.45) is 0.370. The van der Waals surface area contributed by atoms with Gasteiger partial charge in [0.2, 0.25) is 12.0 Å². The molecule has 0 spiro atoms. The van der Waals surface area contributed by atoms with Crippen LogP contribution in [-0.4, -0.2) is 38.3 Å². The average Bonchev–Trinajstić information content (AvgIpc) is 3.00. The summed E-state index contributed by atoms with van der Waals surface area (Å²) in [7, 11) is -0.623. The molecule has 2 aliphatic heterocycles. The smallest absolute Gasteiger partial charge is 0.207 e. The van der Waals surface area contributed by atoms with Gasteiger partial charge in [-0.05, 0) is 11.5 Å². The van der Waals surface area contributed by atoms with Gasteiger partial charge in [0.25, 0.3) is 0 Å². The van der Waals surface area contributed by atoms with Crippen LogP contribution in [0.15, 0.2) is 0 Å². The third-order valence-electron chi connectivity index (χ3n) is 5.74. The maximum absolute atomic E-state index is 11.1. The van der Waals surface area contributed by atoms with E-state index in [1.807, 2.05) is 0 Å². The summed E-state index contributed by atoms with van der Waals surface area (Å²) in [5, 5.41) is 22.6. The minimum Gasteiger partial charge on any atom is -0.507 e. The second kappa shape index (κ2) is 5.04. The van der Waals surface area contributed by atoms with Gasteiger partial charge in [-0.2, -0.15) is 0 Å². The lowest BCUT2D eigenvalue weighted by Crippen LogP contribution is -2.50. The van der Waals surface area contributed by atoms with Gasteiger partial charge < -0.3 is 24.4 Å². The third kappa shape index (κ3) is 2.15. The Balaban J connectivity index is 2.30. The molecule has 0 aromatic heterocycles. The number of hydrogen-bond acceptors (Lipinski definition) is 5. The van der Waals surface area contributed by atoms with Crippen LogP contribution in [0.1, 0.15) is 38.7 Å². The van der Waals surface area contributed by atoms with Crippen LogP contribution in [0.3, 0.4) is 0 Å². The quantitative estimate of drug-likeness (QED) is 0.641. The Hall–Kier alpha value is -1.40. The van der Waals surface area contributed by atoms with Crippen molar-refractivity contribution in [1.82, 2.24) is 0 Å². The van der Waals surface area contributed by atoms with Crippen LogP contribution < -0.4 is 14.7 Å². The zero-order valence-corrected chi connectivity index (χ0v) is 15.7. The molecule has 0 saturated carbocycles. The van der Waals surface area contributed by atoms with E-state index >= 15 is 0 Å². The third-order valence-corrected chi connectivity index (χ3v) is 11.2. The summed E-state index contributed by atoms with van der Waals surface area (Å²) >= 11 is 0. The summed E-state index contributed by atoms with van der Waals surface area (Å²) in [5.74, 6) is 0.840. The molecule has 0 unspecified atom stereocenters. The number of phenolic OH excluding ortho intramolecular Hbond substituents is 2. The summed E-state index contributed by atoms with van der Waals surface area (Å²) in [5.41, 5.74) is 0.686. The number of fused-ring (bicyclic) bond motifs is 3. The zero-order chi connectivity index (χ0) is 17.2. The first-order valence-corrected chi connectivity index (χ1v) is 11.1. The Kier molecular flexibility index (Phi) is 3.61. The minimum atomic E-state index is -2.14. The topological polar surface area (TPSA) is 68.2 Å². The summed E-state index contributed by atoms with van der Waals surface area (Å²) in [6.45, 7) is 11.5. The molecule has 1 fully saturated rings. The van der Waals surface area contributed by atoms with Crippen molar-refractivity contribution in [2.45, 2.75) is 57.5 Å². The molecule has 1 aromatic rings. The highest BCUT2D eigenvalue weighted by Gasteiger charge is 2.49. The zero-order valence-electron chi connectivity index (χ0n) is 14.7. The minimum absolute atomic E-state index is 0.0104. The molecule has 2 heterocycles. The molecule has 128 valence electrons. The van der Waals surface area contributed by atoms with Gasteiger partial charge in [0.1, 0.15) is 5.75 Å².